The zero-order valence-electron chi connectivity index (χ0n) is 15.8. The Morgan fingerprint density at radius 2 is 1.90 bits per heavy atom. The molecule has 1 aromatic carbocycles. The van der Waals surface area contributed by atoms with Gasteiger partial charge in [-0.25, -0.2) is 8.42 Å². The second-order valence-electron chi connectivity index (χ2n) is 6.83. The average Bonchev–Trinajstić information content (AvgIpc) is 3.24. The van der Waals surface area contributed by atoms with Gasteiger partial charge in [-0.05, 0) is 42.0 Å². The van der Waals surface area contributed by atoms with Crippen molar-refractivity contribution in [3.05, 3.63) is 47.3 Å². The fourth-order valence-corrected chi connectivity index (χ4v) is 5.93. The van der Waals surface area contributed by atoms with Crippen LogP contribution in [0.5, 0.6) is 5.75 Å². The molecule has 0 N–H and O–H groups in total. The number of hydrogen-bond donors (Lipinski definition) is 0. The maximum absolute atomic E-state index is 12.7. The summed E-state index contributed by atoms with van der Waals surface area (Å²) < 4.78 is 55.6. The molecule has 29 heavy (non-hydrogen) atoms. The van der Waals surface area contributed by atoms with E-state index in [0.717, 1.165) is 5.56 Å². The van der Waals surface area contributed by atoms with Crippen LogP contribution in [0.3, 0.4) is 0 Å². The zero-order chi connectivity index (χ0) is 21.0. The summed E-state index contributed by atoms with van der Waals surface area (Å²) in [6.45, 7) is -1.92. The van der Waals surface area contributed by atoms with Crippen LogP contribution >= 0.6 is 11.3 Å². The van der Waals surface area contributed by atoms with Crippen LogP contribution in [0.25, 0.3) is 0 Å². The highest BCUT2D eigenvalue weighted by Gasteiger charge is 2.33. The Kier molecular flexibility index (Phi) is 6.86. The van der Waals surface area contributed by atoms with Gasteiger partial charge < -0.3 is 9.64 Å². The lowest BCUT2D eigenvalue weighted by atomic mass is 9.96. The van der Waals surface area contributed by atoms with Crippen molar-refractivity contribution in [2.75, 3.05) is 20.1 Å². The Labute approximate surface area is 172 Å². The number of hydrogen-bond acceptors (Lipinski definition) is 5. The van der Waals surface area contributed by atoms with E-state index >= 15 is 0 Å². The highest BCUT2D eigenvalue weighted by molar-refractivity contribution is 7.91. The minimum Gasteiger partial charge on any atom is -0.435 e. The molecule has 3 rings (SSSR count). The summed E-state index contributed by atoms with van der Waals surface area (Å²) in [6.07, 6.45) is 0.934. The molecule has 1 fully saturated rings. The molecule has 2 heterocycles. The monoisotopic (exact) mass is 444 g/mol. The fourth-order valence-electron chi connectivity index (χ4n) is 3.32. The van der Waals surface area contributed by atoms with Gasteiger partial charge in [-0.3, -0.25) is 4.79 Å². The number of benzene rings is 1. The molecule has 1 aliphatic rings. The van der Waals surface area contributed by atoms with Crippen molar-refractivity contribution < 1.29 is 26.7 Å². The molecule has 1 aromatic heterocycles. The number of ether oxygens (including phenoxy) is 1. The van der Waals surface area contributed by atoms with E-state index in [-0.39, 0.29) is 17.6 Å². The molecule has 0 bridgehead atoms. The van der Waals surface area contributed by atoms with E-state index in [2.05, 4.69) is 4.74 Å². The lowest BCUT2D eigenvalue weighted by Crippen LogP contribution is -2.43. The van der Waals surface area contributed by atoms with Crippen molar-refractivity contribution in [1.29, 1.82) is 0 Å². The van der Waals surface area contributed by atoms with Crippen LogP contribution in [0.15, 0.2) is 46.0 Å². The Bertz CT molecular complexity index is 910. The van der Waals surface area contributed by atoms with Gasteiger partial charge in [0.15, 0.2) is 0 Å². The number of halogens is 2. The molecule has 0 radical (unpaired) electrons. The highest BCUT2D eigenvalue weighted by atomic mass is 32.2. The molecule has 0 aliphatic carbocycles. The normalized spacial score (nSPS) is 16.1. The maximum atomic E-state index is 12.7. The van der Waals surface area contributed by atoms with Crippen LogP contribution in [0, 0.1) is 5.92 Å². The van der Waals surface area contributed by atoms with Gasteiger partial charge in [-0.15, -0.1) is 11.3 Å². The van der Waals surface area contributed by atoms with Crippen LogP contribution < -0.4 is 4.74 Å². The molecule has 0 unspecified atom stereocenters. The fraction of sp³-hybridized carbons (Fsp3) is 0.421. The number of nitrogens with zero attached hydrogens (tertiary/aromatic N) is 2. The minimum absolute atomic E-state index is 0.0499. The predicted molar refractivity (Wildman–Crippen MR) is 105 cm³/mol. The lowest BCUT2D eigenvalue weighted by molar-refractivity contribution is -0.135. The molecule has 1 aliphatic heterocycles. The topological polar surface area (TPSA) is 66.9 Å². The van der Waals surface area contributed by atoms with E-state index < -0.39 is 16.6 Å². The molecule has 0 saturated carbocycles. The molecule has 2 aromatic rings. The maximum Gasteiger partial charge on any atom is 0.387 e. The van der Waals surface area contributed by atoms with Crippen LogP contribution in [-0.2, 0) is 21.4 Å². The predicted octanol–water partition coefficient (Wildman–Crippen LogP) is 3.41. The Hall–Kier alpha value is -2.04. The minimum atomic E-state index is -3.49. The summed E-state index contributed by atoms with van der Waals surface area (Å²) in [5.74, 6) is -0.223. The summed E-state index contributed by atoms with van der Waals surface area (Å²) in [4.78, 5) is 14.3. The van der Waals surface area contributed by atoms with Gasteiger partial charge in [0.25, 0.3) is 10.0 Å². The molecule has 10 heteroatoms. The quantitative estimate of drug-likeness (QED) is 0.657. The third-order valence-corrected chi connectivity index (χ3v) is 8.11. The third-order valence-electron chi connectivity index (χ3n) is 4.84. The van der Waals surface area contributed by atoms with Gasteiger partial charge in [0.1, 0.15) is 9.96 Å². The van der Waals surface area contributed by atoms with Crippen molar-refractivity contribution >= 4 is 27.3 Å². The van der Waals surface area contributed by atoms with Gasteiger partial charge in [-0.2, -0.15) is 13.1 Å². The van der Waals surface area contributed by atoms with Crippen molar-refractivity contribution in [2.24, 2.45) is 5.92 Å². The zero-order valence-corrected chi connectivity index (χ0v) is 17.5. The van der Waals surface area contributed by atoms with E-state index in [1.807, 2.05) is 0 Å². The number of thiophene rings is 1. The standard InChI is InChI=1S/C19H22F2N2O4S2/c1-22(13-14-4-6-16(7-5-14)27-19(20)21)18(24)15-8-10-23(11-9-15)29(25,26)17-3-2-12-28-17/h2-7,12,15,19H,8-11,13H2,1H3. The summed E-state index contributed by atoms with van der Waals surface area (Å²) in [7, 11) is -1.81. The van der Waals surface area contributed by atoms with E-state index in [1.54, 1.807) is 41.6 Å². The van der Waals surface area contributed by atoms with E-state index in [1.165, 1.54) is 27.8 Å². The van der Waals surface area contributed by atoms with Crippen LogP contribution in [0.2, 0.25) is 0 Å². The van der Waals surface area contributed by atoms with Gasteiger partial charge in [0.2, 0.25) is 5.91 Å². The number of amides is 1. The smallest absolute Gasteiger partial charge is 0.387 e. The van der Waals surface area contributed by atoms with E-state index in [0.29, 0.717) is 36.7 Å². The first-order chi connectivity index (χ1) is 13.8. The van der Waals surface area contributed by atoms with Gasteiger partial charge in [0, 0.05) is 32.6 Å². The van der Waals surface area contributed by atoms with E-state index in [4.69, 9.17) is 0 Å². The number of sulfonamides is 1. The van der Waals surface area contributed by atoms with Crippen LogP contribution in [-0.4, -0.2) is 50.3 Å². The Morgan fingerprint density at radius 1 is 1.24 bits per heavy atom. The number of alkyl halides is 2. The number of rotatable bonds is 7. The number of carbonyl (C=O) groups excluding carboxylic acids is 1. The third kappa shape index (κ3) is 5.31. The summed E-state index contributed by atoms with van der Waals surface area (Å²) >= 11 is 1.19. The van der Waals surface area contributed by atoms with Gasteiger partial charge >= 0.3 is 6.61 Å². The summed E-state index contributed by atoms with van der Waals surface area (Å²) in [5, 5.41) is 1.73. The molecule has 0 atom stereocenters. The number of piperidine rings is 1. The van der Waals surface area contributed by atoms with Gasteiger partial charge in [0.05, 0.1) is 0 Å². The summed E-state index contributed by atoms with van der Waals surface area (Å²) in [5.41, 5.74) is 0.792. The molecular formula is C19H22F2N2O4S2. The largest absolute Gasteiger partial charge is 0.435 e. The van der Waals surface area contributed by atoms with Crippen molar-refractivity contribution in [3.63, 3.8) is 0 Å². The first kappa shape index (κ1) is 21.7. The highest BCUT2D eigenvalue weighted by Crippen LogP contribution is 2.27. The van der Waals surface area contributed by atoms with Crippen molar-refractivity contribution in [2.45, 2.75) is 30.2 Å². The average molecular weight is 445 g/mol. The lowest BCUT2D eigenvalue weighted by Gasteiger charge is -2.32. The summed E-state index contributed by atoms with van der Waals surface area (Å²) in [6, 6.07) is 9.44. The molecule has 158 valence electrons. The van der Waals surface area contributed by atoms with Crippen molar-refractivity contribution in [1.82, 2.24) is 9.21 Å². The first-order valence-electron chi connectivity index (χ1n) is 9.10. The molecular weight excluding hydrogens is 422 g/mol. The molecule has 1 saturated heterocycles. The second kappa shape index (κ2) is 9.19. The number of carbonyl (C=O) groups is 1. The van der Waals surface area contributed by atoms with Crippen LogP contribution in [0.4, 0.5) is 8.78 Å². The Balaban J connectivity index is 1.53. The van der Waals surface area contributed by atoms with E-state index in [9.17, 15) is 22.0 Å². The molecule has 1 amide bonds. The first-order valence-corrected chi connectivity index (χ1v) is 11.4. The Morgan fingerprint density at radius 3 is 2.45 bits per heavy atom. The molecule has 0 spiro atoms. The SMILES string of the molecule is CN(Cc1ccc(OC(F)F)cc1)C(=O)C1CCN(S(=O)(=O)c2cccs2)CC1. The van der Waals surface area contributed by atoms with Crippen molar-refractivity contribution in [3.8, 4) is 5.75 Å². The second-order valence-corrected chi connectivity index (χ2v) is 9.94. The molecule has 6 nitrogen and oxygen atoms in total. The van der Waals surface area contributed by atoms with Crippen LogP contribution in [0.1, 0.15) is 18.4 Å². The van der Waals surface area contributed by atoms with Gasteiger partial charge in [-0.1, -0.05) is 18.2 Å².